The number of guanidine groups is 1. The van der Waals surface area contributed by atoms with E-state index in [0.29, 0.717) is 13.0 Å². The SMILES string of the molecule is CCCCOCCCNC(=NC)NCCC(=O)NC(C)CC.I. The average Bonchev–Trinajstić information content (AvgIpc) is 2.52. The standard InChI is InChI=1S/C16H34N4O2.HI/c1-5-7-12-22-13-8-10-18-16(17-4)19-11-9-15(21)20-14(3)6-2;/h14H,5-13H2,1-4H3,(H,20,21)(H2,17,18,19);1H. The second kappa shape index (κ2) is 17.8. The van der Waals surface area contributed by atoms with E-state index in [1.165, 1.54) is 6.42 Å². The van der Waals surface area contributed by atoms with Crippen molar-refractivity contribution in [3.05, 3.63) is 0 Å². The number of halogens is 1. The van der Waals surface area contributed by atoms with Crippen LogP contribution in [0.5, 0.6) is 0 Å². The number of aliphatic imine (C=N–C) groups is 1. The zero-order chi connectivity index (χ0) is 16.6. The van der Waals surface area contributed by atoms with E-state index in [2.05, 4.69) is 34.8 Å². The minimum Gasteiger partial charge on any atom is -0.381 e. The number of nitrogens with one attached hydrogen (secondary N) is 3. The zero-order valence-electron chi connectivity index (χ0n) is 15.1. The van der Waals surface area contributed by atoms with Gasteiger partial charge in [-0.2, -0.15) is 0 Å². The summed E-state index contributed by atoms with van der Waals surface area (Å²) in [4.78, 5) is 15.8. The van der Waals surface area contributed by atoms with Gasteiger partial charge in [0.1, 0.15) is 0 Å². The van der Waals surface area contributed by atoms with E-state index in [1.54, 1.807) is 7.05 Å². The molecule has 0 aliphatic rings. The number of hydrogen-bond donors (Lipinski definition) is 3. The van der Waals surface area contributed by atoms with Crippen LogP contribution < -0.4 is 16.0 Å². The van der Waals surface area contributed by atoms with Crippen molar-refractivity contribution in [2.24, 2.45) is 4.99 Å². The molecule has 138 valence electrons. The van der Waals surface area contributed by atoms with Gasteiger partial charge in [0.25, 0.3) is 0 Å². The van der Waals surface area contributed by atoms with Crippen LogP contribution in [0.15, 0.2) is 4.99 Å². The Kier molecular flexibility index (Phi) is 19.1. The summed E-state index contributed by atoms with van der Waals surface area (Å²) in [6.45, 7) is 9.22. The molecule has 0 heterocycles. The van der Waals surface area contributed by atoms with Crippen molar-refractivity contribution in [3.63, 3.8) is 0 Å². The van der Waals surface area contributed by atoms with Gasteiger partial charge in [-0.15, -0.1) is 24.0 Å². The quantitative estimate of drug-likeness (QED) is 0.188. The Morgan fingerprint density at radius 2 is 1.78 bits per heavy atom. The highest BCUT2D eigenvalue weighted by molar-refractivity contribution is 14.0. The van der Waals surface area contributed by atoms with Gasteiger partial charge in [-0.1, -0.05) is 20.3 Å². The maximum atomic E-state index is 11.6. The summed E-state index contributed by atoms with van der Waals surface area (Å²) in [7, 11) is 1.73. The number of carbonyl (C=O) groups is 1. The monoisotopic (exact) mass is 442 g/mol. The number of unbranched alkanes of at least 4 members (excludes halogenated alkanes) is 1. The lowest BCUT2D eigenvalue weighted by atomic mass is 10.2. The maximum Gasteiger partial charge on any atom is 0.221 e. The van der Waals surface area contributed by atoms with Crippen LogP contribution in [-0.2, 0) is 9.53 Å². The number of nitrogens with zero attached hydrogens (tertiary/aromatic N) is 1. The molecule has 0 fully saturated rings. The van der Waals surface area contributed by atoms with Crippen LogP contribution in [0.25, 0.3) is 0 Å². The summed E-state index contributed by atoms with van der Waals surface area (Å²) in [6.07, 6.45) is 4.63. The smallest absolute Gasteiger partial charge is 0.221 e. The first-order valence-electron chi connectivity index (χ1n) is 8.45. The molecular weight excluding hydrogens is 407 g/mol. The molecule has 0 aromatic heterocycles. The molecule has 0 bridgehead atoms. The second-order valence-electron chi connectivity index (χ2n) is 5.37. The molecule has 1 unspecified atom stereocenters. The first-order chi connectivity index (χ1) is 10.6. The van der Waals surface area contributed by atoms with E-state index >= 15 is 0 Å². The Morgan fingerprint density at radius 1 is 1.13 bits per heavy atom. The normalized spacial score (nSPS) is 12.3. The maximum absolute atomic E-state index is 11.6. The van der Waals surface area contributed by atoms with Crippen molar-refractivity contribution in [2.75, 3.05) is 33.4 Å². The molecule has 0 aromatic carbocycles. The number of carbonyl (C=O) groups excluding carboxylic acids is 1. The van der Waals surface area contributed by atoms with Gasteiger partial charge in [-0.05, 0) is 26.2 Å². The fourth-order valence-electron chi connectivity index (χ4n) is 1.69. The van der Waals surface area contributed by atoms with E-state index in [1.807, 2.05) is 6.92 Å². The summed E-state index contributed by atoms with van der Waals surface area (Å²) in [5, 5.41) is 9.30. The Morgan fingerprint density at radius 3 is 2.39 bits per heavy atom. The van der Waals surface area contributed by atoms with Crippen molar-refractivity contribution < 1.29 is 9.53 Å². The predicted molar refractivity (Wildman–Crippen MR) is 108 cm³/mol. The lowest BCUT2D eigenvalue weighted by molar-refractivity contribution is -0.121. The third-order valence-electron chi connectivity index (χ3n) is 3.29. The van der Waals surface area contributed by atoms with Gasteiger partial charge < -0.3 is 20.7 Å². The van der Waals surface area contributed by atoms with Gasteiger partial charge in [0.2, 0.25) is 5.91 Å². The molecule has 0 radical (unpaired) electrons. The Balaban J connectivity index is 0. The van der Waals surface area contributed by atoms with E-state index in [-0.39, 0.29) is 35.9 Å². The van der Waals surface area contributed by atoms with Crippen molar-refractivity contribution in [2.45, 2.75) is 58.9 Å². The third-order valence-corrected chi connectivity index (χ3v) is 3.29. The molecule has 0 saturated heterocycles. The molecular formula is C16H35IN4O2. The highest BCUT2D eigenvalue weighted by Crippen LogP contribution is 1.90. The van der Waals surface area contributed by atoms with Gasteiger partial charge in [-0.25, -0.2) is 0 Å². The number of rotatable bonds is 12. The molecule has 3 N–H and O–H groups in total. The number of ether oxygens (including phenoxy) is 1. The number of amides is 1. The Hall–Kier alpha value is -0.570. The minimum atomic E-state index is 0. The van der Waals surface area contributed by atoms with Crippen LogP contribution in [0.4, 0.5) is 0 Å². The largest absolute Gasteiger partial charge is 0.381 e. The molecule has 0 spiro atoms. The molecule has 0 aromatic rings. The fourth-order valence-corrected chi connectivity index (χ4v) is 1.69. The first-order valence-corrected chi connectivity index (χ1v) is 8.45. The first kappa shape index (κ1) is 24.7. The molecule has 23 heavy (non-hydrogen) atoms. The second-order valence-corrected chi connectivity index (χ2v) is 5.37. The van der Waals surface area contributed by atoms with Gasteiger partial charge in [0.05, 0.1) is 0 Å². The van der Waals surface area contributed by atoms with Crippen molar-refractivity contribution >= 4 is 35.8 Å². The van der Waals surface area contributed by atoms with Crippen molar-refractivity contribution in [1.82, 2.24) is 16.0 Å². The summed E-state index contributed by atoms with van der Waals surface area (Å²) < 4.78 is 5.50. The Labute approximate surface area is 158 Å². The van der Waals surface area contributed by atoms with E-state index < -0.39 is 0 Å². The molecule has 0 saturated carbocycles. The summed E-state index contributed by atoms with van der Waals surface area (Å²) in [6, 6.07) is 0.234. The topological polar surface area (TPSA) is 74.8 Å². The highest BCUT2D eigenvalue weighted by atomic mass is 127. The highest BCUT2D eigenvalue weighted by Gasteiger charge is 2.05. The lowest BCUT2D eigenvalue weighted by Gasteiger charge is -2.13. The van der Waals surface area contributed by atoms with Crippen molar-refractivity contribution in [1.29, 1.82) is 0 Å². The van der Waals surface area contributed by atoms with Gasteiger partial charge >= 0.3 is 0 Å². The van der Waals surface area contributed by atoms with Crippen LogP contribution in [-0.4, -0.2) is 51.3 Å². The van der Waals surface area contributed by atoms with Crippen LogP contribution in [0.3, 0.4) is 0 Å². The van der Waals surface area contributed by atoms with Crippen molar-refractivity contribution in [3.8, 4) is 0 Å². The molecule has 0 rings (SSSR count). The average molecular weight is 442 g/mol. The lowest BCUT2D eigenvalue weighted by Crippen LogP contribution is -2.40. The molecule has 0 aliphatic carbocycles. The predicted octanol–water partition coefficient (Wildman–Crippen LogP) is 2.28. The molecule has 1 atom stereocenters. The van der Waals surface area contributed by atoms with Crippen LogP contribution in [0.1, 0.15) is 52.9 Å². The molecule has 6 nitrogen and oxygen atoms in total. The van der Waals surface area contributed by atoms with Crippen LogP contribution in [0, 0.1) is 0 Å². The third kappa shape index (κ3) is 16.1. The Bertz CT molecular complexity index is 314. The van der Waals surface area contributed by atoms with Gasteiger partial charge in [0.15, 0.2) is 5.96 Å². The fraction of sp³-hybridized carbons (Fsp3) is 0.875. The van der Waals surface area contributed by atoms with E-state index in [0.717, 1.165) is 45.0 Å². The zero-order valence-corrected chi connectivity index (χ0v) is 17.4. The van der Waals surface area contributed by atoms with Crippen LogP contribution >= 0.6 is 24.0 Å². The van der Waals surface area contributed by atoms with Crippen LogP contribution in [0.2, 0.25) is 0 Å². The summed E-state index contributed by atoms with van der Waals surface area (Å²) in [5.41, 5.74) is 0. The summed E-state index contributed by atoms with van der Waals surface area (Å²) in [5.74, 6) is 0.798. The summed E-state index contributed by atoms with van der Waals surface area (Å²) >= 11 is 0. The van der Waals surface area contributed by atoms with E-state index in [9.17, 15) is 4.79 Å². The van der Waals surface area contributed by atoms with E-state index in [4.69, 9.17) is 4.74 Å². The molecule has 0 aliphatic heterocycles. The molecule has 7 heteroatoms. The minimum absolute atomic E-state index is 0. The molecule has 1 amide bonds. The van der Waals surface area contributed by atoms with Gasteiger partial charge in [0, 0.05) is 45.8 Å². The number of hydrogen-bond acceptors (Lipinski definition) is 3. The van der Waals surface area contributed by atoms with Gasteiger partial charge in [-0.3, -0.25) is 9.79 Å².